The second-order valence-corrected chi connectivity index (χ2v) is 5.14. The first-order chi connectivity index (χ1) is 9.77. The van der Waals surface area contributed by atoms with Crippen LogP contribution in [-0.2, 0) is 12.7 Å². The van der Waals surface area contributed by atoms with Gasteiger partial charge in [-0.05, 0) is 52.3 Å². The molecule has 0 bridgehead atoms. The molecule has 21 heavy (non-hydrogen) atoms. The van der Waals surface area contributed by atoms with Gasteiger partial charge in [0.05, 0.1) is 5.56 Å². The molecule has 0 amide bonds. The first kappa shape index (κ1) is 15.8. The van der Waals surface area contributed by atoms with Gasteiger partial charge in [0.15, 0.2) is 0 Å². The Hall–Kier alpha value is -1.63. The van der Waals surface area contributed by atoms with E-state index >= 15 is 0 Å². The van der Waals surface area contributed by atoms with E-state index in [2.05, 4.69) is 21.2 Å². The lowest BCUT2D eigenvalue weighted by Gasteiger charge is -2.12. The molecule has 0 aromatic heterocycles. The Balaban J connectivity index is 2.15. The van der Waals surface area contributed by atoms with Gasteiger partial charge in [-0.3, -0.25) is 0 Å². The van der Waals surface area contributed by atoms with Crippen molar-refractivity contribution in [2.24, 2.45) is 0 Å². The largest absolute Gasteiger partial charge is 0.416 e. The highest BCUT2D eigenvalue weighted by Crippen LogP contribution is 2.34. The summed E-state index contributed by atoms with van der Waals surface area (Å²) < 4.78 is 64.2. The maximum atomic E-state index is 13.4. The fourth-order valence-electron chi connectivity index (χ4n) is 1.70. The Kier molecular flexibility index (Phi) is 4.51. The highest BCUT2D eigenvalue weighted by atomic mass is 79.9. The van der Waals surface area contributed by atoms with Crippen LogP contribution in [0.15, 0.2) is 40.9 Å². The summed E-state index contributed by atoms with van der Waals surface area (Å²) in [5.74, 6) is -1.17. The highest BCUT2D eigenvalue weighted by molar-refractivity contribution is 9.10. The third kappa shape index (κ3) is 3.93. The first-order valence-corrected chi connectivity index (χ1v) is 6.61. The van der Waals surface area contributed by atoms with Crippen molar-refractivity contribution in [1.82, 2.24) is 0 Å². The van der Waals surface area contributed by atoms with E-state index in [4.69, 9.17) is 0 Å². The lowest BCUT2D eigenvalue weighted by Crippen LogP contribution is -2.07. The lowest BCUT2D eigenvalue weighted by molar-refractivity contribution is -0.137. The van der Waals surface area contributed by atoms with Gasteiger partial charge in [0.1, 0.15) is 11.6 Å². The van der Waals surface area contributed by atoms with Gasteiger partial charge in [-0.2, -0.15) is 13.2 Å². The number of halogens is 6. The molecule has 2 rings (SSSR count). The minimum atomic E-state index is -4.43. The molecule has 1 N–H and O–H groups in total. The number of benzene rings is 2. The van der Waals surface area contributed by atoms with Crippen molar-refractivity contribution in [3.63, 3.8) is 0 Å². The van der Waals surface area contributed by atoms with E-state index in [0.717, 1.165) is 30.3 Å². The zero-order chi connectivity index (χ0) is 15.6. The molecule has 0 spiro atoms. The van der Waals surface area contributed by atoms with Crippen LogP contribution in [0.3, 0.4) is 0 Å². The van der Waals surface area contributed by atoms with Crippen molar-refractivity contribution in [2.75, 3.05) is 5.32 Å². The van der Waals surface area contributed by atoms with Crippen molar-refractivity contribution in [3.8, 4) is 0 Å². The van der Waals surface area contributed by atoms with Gasteiger partial charge in [0, 0.05) is 22.3 Å². The molecule has 2 aromatic rings. The SMILES string of the molecule is Fc1ccc(F)c(CNc2ccc(C(F)(F)F)cc2Br)c1. The van der Waals surface area contributed by atoms with Crippen molar-refractivity contribution in [3.05, 3.63) is 63.6 Å². The fraction of sp³-hybridized carbons (Fsp3) is 0.143. The van der Waals surface area contributed by atoms with Crippen LogP contribution in [0.25, 0.3) is 0 Å². The molecule has 0 atom stereocenters. The summed E-state index contributed by atoms with van der Waals surface area (Å²) in [4.78, 5) is 0. The van der Waals surface area contributed by atoms with Crippen molar-refractivity contribution in [1.29, 1.82) is 0 Å². The topological polar surface area (TPSA) is 12.0 Å². The smallest absolute Gasteiger partial charge is 0.380 e. The lowest BCUT2D eigenvalue weighted by atomic mass is 10.1. The van der Waals surface area contributed by atoms with E-state index in [1.165, 1.54) is 6.07 Å². The second kappa shape index (κ2) is 6.01. The summed E-state index contributed by atoms with van der Waals surface area (Å²) in [5, 5.41) is 2.76. The number of alkyl halides is 3. The number of rotatable bonds is 3. The van der Waals surface area contributed by atoms with Crippen molar-refractivity contribution in [2.45, 2.75) is 12.7 Å². The molecule has 2 aromatic carbocycles. The molecule has 112 valence electrons. The molecular formula is C14H9BrF5N. The molecule has 0 heterocycles. The molecule has 0 fully saturated rings. The molecule has 0 aliphatic rings. The molecule has 1 nitrogen and oxygen atoms in total. The van der Waals surface area contributed by atoms with Crippen molar-refractivity contribution < 1.29 is 22.0 Å². The number of anilines is 1. The maximum absolute atomic E-state index is 13.4. The van der Waals surface area contributed by atoms with Gasteiger partial charge in [0.2, 0.25) is 0 Å². The van der Waals surface area contributed by atoms with Crippen molar-refractivity contribution >= 4 is 21.6 Å². The minimum Gasteiger partial charge on any atom is -0.380 e. The average molecular weight is 366 g/mol. The van der Waals surface area contributed by atoms with Gasteiger partial charge in [-0.25, -0.2) is 8.78 Å². The minimum absolute atomic E-state index is 0.0481. The molecule has 7 heteroatoms. The molecule has 0 saturated carbocycles. The first-order valence-electron chi connectivity index (χ1n) is 5.82. The van der Waals surface area contributed by atoms with Crippen LogP contribution < -0.4 is 5.32 Å². The summed E-state index contributed by atoms with van der Waals surface area (Å²) in [6.45, 7) is -0.0481. The van der Waals surface area contributed by atoms with Gasteiger partial charge >= 0.3 is 6.18 Å². The summed E-state index contributed by atoms with van der Waals surface area (Å²) in [7, 11) is 0. The fourth-order valence-corrected chi connectivity index (χ4v) is 2.22. The van der Waals surface area contributed by atoms with Crippen LogP contribution in [0.1, 0.15) is 11.1 Å². The molecule has 0 saturated heterocycles. The van der Waals surface area contributed by atoms with E-state index in [-0.39, 0.29) is 16.6 Å². The van der Waals surface area contributed by atoms with E-state index in [9.17, 15) is 22.0 Å². The monoisotopic (exact) mass is 365 g/mol. The van der Waals surface area contributed by atoms with E-state index < -0.39 is 23.4 Å². The molecule has 0 aliphatic carbocycles. The third-order valence-electron chi connectivity index (χ3n) is 2.77. The van der Waals surface area contributed by atoms with Gasteiger partial charge in [-0.15, -0.1) is 0 Å². The Bertz CT molecular complexity index is 654. The van der Waals surface area contributed by atoms with Crippen LogP contribution >= 0.6 is 15.9 Å². The second-order valence-electron chi connectivity index (χ2n) is 4.28. The zero-order valence-electron chi connectivity index (χ0n) is 10.4. The van der Waals surface area contributed by atoms with E-state index in [1.807, 2.05) is 0 Å². The average Bonchev–Trinajstić information content (AvgIpc) is 2.40. The predicted octanol–water partition coefficient (Wildman–Crippen LogP) is 5.36. The number of hydrogen-bond donors (Lipinski definition) is 1. The Morgan fingerprint density at radius 2 is 1.71 bits per heavy atom. The van der Waals surface area contributed by atoms with E-state index in [0.29, 0.717) is 5.69 Å². The van der Waals surface area contributed by atoms with Gasteiger partial charge in [0.25, 0.3) is 0 Å². The Morgan fingerprint density at radius 3 is 2.33 bits per heavy atom. The maximum Gasteiger partial charge on any atom is 0.416 e. The highest BCUT2D eigenvalue weighted by Gasteiger charge is 2.30. The van der Waals surface area contributed by atoms with Crippen LogP contribution in [0.4, 0.5) is 27.6 Å². The molecular weight excluding hydrogens is 357 g/mol. The van der Waals surface area contributed by atoms with Crippen LogP contribution in [0.5, 0.6) is 0 Å². The predicted molar refractivity (Wildman–Crippen MR) is 72.8 cm³/mol. The Morgan fingerprint density at radius 1 is 1.00 bits per heavy atom. The van der Waals surface area contributed by atoms with Gasteiger partial charge in [-0.1, -0.05) is 0 Å². The summed E-state index contributed by atoms with van der Waals surface area (Å²) in [6.07, 6.45) is -4.43. The zero-order valence-corrected chi connectivity index (χ0v) is 12.0. The summed E-state index contributed by atoms with van der Waals surface area (Å²) >= 11 is 3.02. The van der Waals surface area contributed by atoms with Gasteiger partial charge < -0.3 is 5.32 Å². The number of hydrogen-bond acceptors (Lipinski definition) is 1. The standard InChI is InChI=1S/C14H9BrF5N/c15-11-6-9(14(18,19)20)1-4-13(11)21-7-8-5-10(16)2-3-12(8)17/h1-6,21H,7H2. The quantitative estimate of drug-likeness (QED) is 0.722. The Labute approximate surface area is 125 Å². The molecule has 0 radical (unpaired) electrons. The summed E-state index contributed by atoms with van der Waals surface area (Å²) in [5.41, 5.74) is -0.356. The summed E-state index contributed by atoms with van der Waals surface area (Å²) in [6, 6.07) is 6.07. The molecule has 0 aliphatic heterocycles. The van der Waals surface area contributed by atoms with Crippen LogP contribution in [0, 0.1) is 11.6 Å². The normalized spacial score (nSPS) is 11.5. The third-order valence-corrected chi connectivity index (χ3v) is 3.43. The van der Waals surface area contributed by atoms with Crippen LogP contribution in [-0.4, -0.2) is 0 Å². The van der Waals surface area contributed by atoms with E-state index in [1.54, 1.807) is 0 Å². The molecule has 0 unspecified atom stereocenters. The van der Waals surface area contributed by atoms with Crippen LogP contribution in [0.2, 0.25) is 0 Å². The number of nitrogens with one attached hydrogen (secondary N) is 1.